The van der Waals surface area contributed by atoms with Crippen molar-refractivity contribution in [3.05, 3.63) is 48.4 Å². The van der Waals surface area contributed by atoms with Gasteiger partial charge in [0.25, 0.3) is 0 Å². The zero-order valence-corrected chi connectivity index (χ0v) is 45.8. The molecule has 0 radical (unpaired) electrons. The minimum absolute atomic E-state index is 0.180. The van der Waals surface area contributed by atoms with Crippen LogP contribution in [0.1, 0.15) is 101 Å². The molecule has 0 saturated carbocycles. The average molecular weight is 1040 g/mol. The van der Waals surface area contributed by atoms with Crippen LogP contribution in [0.2, 0.25) is 0 Å². The van der Waals surface area contributed by atoms with Gasteiger partial charge in [0, 0.05) is 68.8 Å². The molecule has 7 rings (SSSR count). The van der Waals surface area contributed by atoms with Crippen LogP contribution in [0.4, 0.5) is 10.5 Å². The third kappa shape index (κ3) is 12.3. The standard InChI is InChI=1S/C54H85N7O13/c1-14-43-54(10,68)46(63)34(6)59(12)26-30(2)24-52(8,67)48(32(4)44(33(5)49(65)73-43)42-25-53(9,69-13)47(64)35(7)71-42)74-50-45(62)41(23-31(3)70-50)58(11)22-20-36-27-60(57-56-36)28-37-29-61(51(66)72-37)40-19-15-18-39-38(40)17-16-21-55-39/h15-19,21,27,30-35,37,41-48,50,62-64,67-68H,14,20,22-26,28-29H2,1-13H3/t30-,31-,32+,33-,34-,35+,37?,41+,42?,43-,44+,45-,46-,47+,48-,50+,52-,53-,54-/m1/s1. The zero-order chi connectivity index (χ0) is 54.2. The molecule has 5 N–H and O–H groups in total. The lowest BCUT2D eigenvalue weighted by molar-refractivity contribution is -0.302. The highest BCUT2D eigenvalue weighted by atomic mass is 16.7. The van der Waals surface area contributed by atoms with Crippen LogP contribution in [0.15, 0.2) is 42.7 Å². The molecular formula is C54H85N7O13. The van der Waals surface area contributed by atoms with Gasteiger partial charge < -0.3 is 63.8 Å². The maximum atomic E-state index is 14.6. The maximum absolute atomic E-state index is 14.6. The van der Waals surface area contributed by atoms with Crippen molar-refractivity contribution in [2.45, 2.75) is 198 Å². The summed E-state index contributed by atoms with van der Waals surface area (Å²) in [6.07, 6.45) is -4.39. The Bertz CT molecular complexity index is 2350. The first kappa shape index (κ1) is 57.8. The van der Waals surface area contributed by atoms with Crippen LogP contribution in [-0.4, -0.2) is 198 Å². The summed E-state index contributed by atoms with van der Waals surface area (Å²) < 4.78 is 39.7. The van der Waals surface area contributed by atoms with Crippen molar-refractivity contribution in [1.82, 2.24) is 29.8 Å². The van der Waals surface area contributed by atoms with Crippen LogP contribution in [0.5, 0.6) is 0 Å². The molecule has 414 valence electrons. The number of amides is 1. The number of aromatic nitrogens is 4. The number of aliphatic hydroxyl groups excluding tert-OH is 3. The fraction of sp³-hybridized carbons (Fsp3) is 0.759. The highest BCUT2D eigenvalue weighted by Crippen LogP contribution is 2.45. The largest absolute Gasteiger partial charge is 0.459 e. The number of cyclic esters (lactones) is 2. The zero-order valence-electron chi connectivity index (χ0n) is 45.8. The van der Waals surface area contributed by atoms with Crippen molar-refractivity contribution >= 4 is 28.7 Å². The van der Waals surface area contributed by atoms with Gasteiger partial charge in [-0.2, -0.15) is 0 Å². The van der Waals surface area contributed by atoms with Gasteiger partial charge in [-0.3, -0.25) is 14.7 Å². The minimum atomic E-state index is -1.82. The summed E-state index contributed by atoms with van der Waals surface area (Å²) in [5.74, 6) is -3.20. The topological polar surface area (TPSA) is 244 Å². The van der Waals surface area contributed by atoms with Gasteiger partial charge >= 0.3 is 12.1 Å². The van der Waals surface area contributed by atoms with Gasteiger partial charge in [0.1, 0.15) is 36.1 Å². The number of carbonyl (C=O) groups is 2. The minimum Gasteiger partial charge on any atom is -0.459 e. The number of pyridine rings is 1. The molecule has 0 bridgehead atoms. The van der Waals surface area contributed by atoms with E-state index in [1.165, 1.54) is 14.0 Å². The third-order valence-corrected chi connectivity index (χ3v) is 16.9. The molecule has 4 aliphatic rings. The number of likely N-dealkylation sites (N-methyl/N-ethyl adjacent to an activating group) is 2. The molecule has 0 aliphatic carbocycles. The van der Waals surface area contributed by atoms with Crippen molar-refractivity contribution < 1.29 is 63.5 Å². The summed E-state index contributed by atoms with van der Waals surface area (Å²) in [6, 6.07) is 8.42. The second kappa shape index (κ2) is 23.4. The van der Waals surface area contributed by atoms with Crippen molar-refractivity contribution in [3.8, 4) is 0 Å². The van der Waals surface area contributed by atoms with Gasteiger partial charge in [0.05, 0.1) is 71.5 Å². The lowest BCUT2D eigenvalue weighted by atomic mass is 9.68. The van der Waals surface area contributed by atoms with E-state index in [4.69, 9.17) is 28.4 Å². The molecule has 4 saturated heterocycles. The summed E-state index contributed by atoms with van der Waals surface area (Å²) in [5.41, 5.74) is -2.26. The number of fused-ring (bicyclic) bond motifs is 1. The smallest absolute Gasteiger partial charge is 0.414 e. The molecule has 1 aromatic carbocycles. The number of rotatable bonds is 12. The summed E-state index contributed by atoms with van der Waals surface area (Å²) in [5, 5.41) is 69.9. The summed E-state index contributed by atoms with van der Waals surface area (Å²) in [7, 11) is 5.30. The Balaban J connectivity index is 1.11. The molecule has 19 atom stereocenters. The van der Waals surface area contributed by atoms with E-state index in [2.05, 4.69) is 15.3 Å². The van der Waals surface area contributed by atoms with Crippen LogP contribution < -0.4 is 4.90 Å². The van der Waals surface area contributed by atoms with Crippen molar-refractivity contribution in [1.29, 1.82) is 0 Å². The number of methoxy groups -OCH3 is 1. The molecule has 20 nitrogen and oxygen atoms in total. The predicted octanol–water partition coefficient (Wildman–Crippen LogP) is 3.95. The Kier molecular flexibility index (Phi) is 18.2. The van der Waals surface area contributed by atoms with Crippen LogP contribution in [0.3, 0.4) is 0 Å². The first-order chi connectivity index (χ1) is 34.8. The highest BCUT2D eigenvalue weighted by Gasteiger charge is 2.55. The van der Waals surface area contributed by atoms with Crippen molar-refractivity contribution in [2.75, 3.05) is 45.7 Å². The molecule has 6 heterocycles. The van der Waals surface area contributed by atoms with Gasteiger partial charge in [-0.05, 0) is 111 Å². The van der Waals surface area contributed by atoms with E-state index in [0.717, 1.165) is 16.6 Å². The summed E-state index contributed by atoms with van der Waals surface area (Å²) in [6.45, 7) is 19.5. The fourth-order valence-electron chi connectivity index (χ4n) is 12.6. The molecule has 3 aromatic rings. The van der Waals surface area contributed by atoms with E-state index >= 15 is 0 Å². The quantitative estimate of drug-likeness (QED) is 0.161. The molecule has 2 unspecified atom stereocenters. The molecule has 0 spiro atoms. The Labute approximate surface area is 436 Å². The van der Waals surface area contributed by atoms with Crippen LogP contribution in [0, 0.1) is 23.7 Å². The summed E-state index contributed by atoms with van der Waals surface area (Å²) >= 11 is 0. The number of carbonyl (C=O) groups excluding carboxylic acids is 2. The van der Waals surface area contributed by atoms with Gasteiger partial charge in [-0.15, -0.1) is 5.10 Å². The van der Waals surface area contributed by atoms with Gasteiger partial charge in [-0.25, -0.2) is 9.48 Å². The van der Waals surface area contributed by atoms with Crippen molar-refractivity contribution in [3.63, 3.8) is 0 Å². The highest BCUT2D eigenvalue weighted by molar-refractivity contribution is 6.01. The maximum Gasteiger partial charge on any atom is 0.414 e. The lowest BCUT2D eigenvalue weighted by Crippen LogP contribution is -2.62. The number of nitrogens with zero attached hydrogens (tertiary/aromatic N) is 7. The number of benzene rings is 1. The summed E-state index contributed by atoms with van der Waals surface area (Å²) in [4.78, 5) is 37.7. The number of hydrogen-bond acceptors (Lipinski definition) is 18. The van der Waals surface area contributed by atoms with Gasteiger partial charge in [0.2, 0.25) is 0 Å². The predicted molar refractivity (Wildman–Crippen MR) is 275 cm³/mol. The fourth-order valence-corrected chi connectivity index (χ4v) is 12.6. The number of ether oxygens (including phenoxy) is 6. The molecule has 4 fully saturated rings. The molecule has 20 heteroatoms. The van der Waals surface area contributed by atoms with Crippen molar-refractivity contribution in [2.24, 2.45) is 23.7 Å². The molecule has 74 heavy (non-hydrogen) atoms. The monoisotopic (exact) mass is 1040 g/mol. The van der Waals surface area contributed by atoms with Crippen LogP contribution >= 0.6 is 0 Å². The Morgan fingerprint density at radius 2 is 1.66 bits per heavy atom. The molecule has 4 aliphatic heterocycles. The van der Waals surface area contributed by atoms with E-state index < -0.39 is 114 Å². The van der Waals surface area contributed by atoms with Gasteiger partial charge in [-0.1, -0.05) is 39.0 Å². The Hall–Kier alpha value is -3.93. The average Bonchev–Trinajstić information content (AvgIpc) is 3.97. The van der Waals surface area contributed by atoms with E-state index in [9.17, 15) is 35.1 Å². The van der Waals surface area contributed by atoms with E-state index in [0.29, 0.717) is 44.7 Å². The number of anilines is 1. The normalized spacial score (nSPS) is 40.4. The molecule has 2 aromatic heterocycles. The van der Waals surface area contributed by atoms with E-state index in [1.807, 2.05) is 88.1 Å². The number of esters is 1. The first-order valence-electron chi connectivity index (χ1n) is 26.6. The molecular weight excluding hydrogens is 955 g/mol. The second-order valence-corrected chi connectivity index (χ2v) is 22.9. The van der Waals surface area contributed by atoms with Gasteiger partial charge in [0.15, 0.2) is 6.29 Å². The Morgan fingerprint density at radius 1 is 0.932 bits per heavy atom. The van der Waals surface area contributed by atoms with E-state index in [-0.39, 0.29) is 31.3 Å². The van der Waals surface area contributed by atoms with E-state index in [1.54, 1.807) is 50.4 Å². The number of aliphatic hydroxyl groups is 5. The second-order valence-electron chi connectivity index (χ2n) is 22.9. The SMILES string of the molecule is CC[C@H]1OC(=O)[C@H](C)[C@@H](C2C[C@@](C)(OC)[C@@H](O)[C@H](C)O2)[C@H](C)[C@@H](O[C@@H]2O[C@H](C)C[C@H](N(C)CCc3cn(CC4CN(c5cccc6ncccc56)C(=O)O4)nn3)[C@H]2O)[C@](C)(O)C[C@@H](C)CN(C)[C@H](C)[C@@H](O)[C@]1(C)O. The van der Waals surface area contributed by atoms with Crippen LogP contribution in [-0.2, 0) is 46.2 Å². The first-order valence-corrected chi connectivity index (χ1v) is 26.6. The van der Waals surface area contributed by atoms with Crippen LogP contribution in [0.25, 0.3) is 10.9 Å². The number of hydrogen-bond donors (Lipinski definition) is 5. The lowest BCUT2D eigenvalue weighted by Gasteiger charge is -2.51. The molecule has 1 amide bonds. The Morgan fingerprint density at radius 3 is 2.36 bits per heavy atom. The third-order valence-electron chi connectivity index (χ3n) is 16.9.